The van der Waals surface area contributed by atoms with Crippen LogP contribution in [0.2, 0.25) is 0 Å². The Morgan fingerprint density at radius 1 is 1.29 bits per heavy atom. The van der Waals surface area contributed by atoms with Crippen molar-refractivity contribution in [3.05, 3.63) is 23.9 Å². The number of rotatable bonds is 3. The Kier molecular flexibility index (Phi) is 3.10. The van der Waals surface area contributed by atoms with Gasteiger partial charge in [0.15, 0.2) is 0 Å². The van der Waals surface area contributed by atoms with Crippen molar-refractivity contribution >= 4 is 16.7 Å². The second-order valence-corrected chi connectivity index (χ2v) is 3.73. The van der Waals surface area contributed by atoms with Crippen LogP contribution in [-0.4, -0.2) is 24.2 Å². The van der Waals surface area contributed by atoms with Crippen LogP contribution < -0.4 is 10.5 Å². The second-order valence-electron chi connectivity index (χ2n) is 3.73. The Morgan fingerprint density at radius 3 is 2.71 bits per heavy atom. The molecule has 0 fully saturated rings. The maximum absolute atomic E-state index is 5.93. The second kappa shape index (κ2) is 4.55. The van der Waals surface area contributed by atoms with Crippen molar-refractivity contribution in [3.63, 3.8) is 0 Å². The van der Waals surface area contributed by atoms with Crippen LogP contribution in [0.5, 0.6) is 5.88 Å². The van der Waals surface area contributed by atoms with E-state index < -0.39 is 0 Å². The zero-order valence-corrected chi connectivity index (χ0v) is 10.1. The van der Waals surface area contributed by atoms with Gasteiger partial charge in [-0.3, -0.25) is 4.98 Å². The lowest BCUT2D eigenvalue weighted by atomic mass is 10.1. The van der Waals surface area contributed by atoms with Gasteiger partial charge in [0, 0.05) is 18.7 Å². The standard InChI is InChI=1S/C12H15N3O2/c1-7(16-2)11-8(13)6-14-9-4-5-10(17-3)15-12(9)11/h4-7H,13H2,1-3H3. The van der Waals surface area contributed by atoms with E-state index in [0.717, 1.165) is 16.6 Å². The monoisotopic (exact) mass is 233 g/mol. The Bertz CT molecular complexity index is 543. The molecular weight excluding hydrogens is 218 g/mol. The third kappa shape index (κ3) is 2.01. The molecule has 0 amide bonds. The molecule has 0 saturated heterocycles. The molecule has 2 aromatic rings. The Balaban J connectivity index is 2.73. The summed E-state index contributed by atoms with van der Waals surface area (Å²) >= 11 is 0. The van der Waals surface area contributed by atoms with Crippen LogP contribution in [0, 0.1) is 0 Å². The van der Waals surface area contributed by atoms with Gasteiger partial charge in [-0.15, -0.1) is 0 Å². The van der Waals surface area contributed by atoms with Gasteiger partial charge < -0.3 is 15.2 Å². The molecule has 0 aliphatic heterocycles. The zero-order chi connectivity index (χ0) is 12.4. The largest absolute Gasteiger partial charge is 0.481 e. The summed E-state index contributed by atoms with van der Waals surface area (Å²) in [4.78, 5) is 8.61. The molecule has 5 heteroatoms. The SMILES string of the molecule is COc1ccc2ncc(N)c(C(C)OC)c2n1. The highest BCUT2D eigenvalue weighted by molar-refractivity contribution is 5.83. The van der Waals surface area contributed by atoms with E-state index in [0.29, 0.717) is 11.6 Å². The number of hydrogen-bond donors (Lipinski definition) is 1. The Hall–Kier alpha value is -1.88. The van der Waals surface area contributed by atoms with Gasteiger partial charge in [-0.1, -0.05) is 0 Å². The van der Waals surface area contributed by atoms with Gasteiger partial charge in [-0.25, -0.2) is 4.98 Å². The molecule has 1 unspecified atom stereocenters. The highest BCUT2D eigenvalue weighted by atomic mass is 16.5. The molecule has 0 aliphatic carbocycles. The lowest BCUT2D eigenvalue weighted by Crippen LogP contribution is -2.05. The van der Waals surface area contributed by atoms with Crippen LogP contribution in [0.3, 0.4) is 0 Å². The lowest BCUT2D eigenvalue weighted by Gasteiger charge is -2.14. The van der Waals surface area contributed by atoms with Crippen LogP contribution >= 0.6 is 0 Å². The summed E-state index contributed by atoms with van der Waals surface area (Å²) in [5.41, 5.74) is 8.85. The van der Waals surface area contributed by atoms with Gasteiger partial charge in [-0.2, -0.15) is 0 Å². The molecule has 5 nitrogen and oxygen atoms in total. The Morgan fingerprint density at radius 2 is 2.06 bits per heavy atom. The van der Waals surface area contributed by atoms with E-state index in [1.54, 1.807) is 26.5 Å². The summed E-state index contributed by atoms with van der Waals surface area (Å²) in [7, 11) is 3.21. The smallest absolute Gasteiger partial charge is 0.213 e. The molecule has 2 N–H and O–H groups in total. The summed E-state index contributed by atoms with van der Waals surface area (Å²) in [6.45, 7) is 1.92. The third-order valence-electron chi connectivity index (χ3n) is 2.73. The van der Waals surface area contributed by atoms with Crippen molar-refractivity contribution in [3.8, 4) is 5.88 Å². The molecule has 2 aromatic heterocycles. The molecule has 2 heterocycles. The minimum absolute atomic E-state index is 0.139. The number of nitrogens with two attached hydrogens (primary N) is 1. The molecule has 17 heavy (non-hydrogen) atoms. The van der Waals surface area contributed by atoms with Crippen molar-refractivity contribution in [1.82, 2.24) is 9.97 Å². The Labute approximate surface area is 99.6 Å². The molecule has 0 spiro atoms. The minimum atomic E-state index is -0.139. The predicted octanol–water partition coefficient (Wildman–Crippen LogP) is 1.93. The number of anilines is 1. The van der Waals surface area contributed by atoms with Crippen molar-refractivity contribution < 1.29 is 9.47 Å². The van der Waals surface area contributed by atoms with Gasteiger partial charge in [-0.05, 0) is 13.0 Å². The first-order chi connectivity index (χ1) is 8.17. The average molecular weight is 233 g/mol. The quantitative estimate of drug-likeness (QED) is 0.877. The summed E-state index contributed by atoms with van der Waals surface area (Å²) in [6, 6.07) is 3.62. The summed E-state index contributed by atoms with van der Waals surface area (Å²) in [5, 5.41) is 0. The summed E-state index contributed by atoms with van der Waals surface area (Å²) < 4.78 is 10.4. The molecule has 0 aliphatic rings. The van der Waals surface area contributed by atoms with Crippen LogP contribution in [0.4, 0.5) is 5.69 Å². The van der Waals surface area contributed by atoms with Gasteiger partial charge in [0.2, 0.25) is 5.88 Å². The maximum Gasteiger partial charge on any atom is 0.213 e. The molecule has 2 rings (SSSR count). The van der Waals surface area contributed by atoms with Crippen LogP contribution in [0.1, 0.15) is 18.6 Å². The van der Waals surface area contributed by atoms with Crippen molar-refractivity contribution in [1.29, 1.82) is 0 Å². The van der Waals surface area contributed by atoms with E-state index in [1.807, 2.05) is 13.0 Å². The number of ether oxygens (including phenoxy) is 2. The first kappa shape index (κ1) is 11.6. The predicted molar refractivity (Wildman–Crippen MR) is 65.9 cm³/mol. The molecule has 0 aromatic carbocycles. The van der Waals surface area contributed by atoms with E-state index in [2.05, 4.69) is 9.97 Å². The lowest BCUT2D eigenvalue weighted by molar-refractivity contribution is 0.121. The maximum atomic E-state index is 5.93. The van der Waals surface area contributed by atoms with Crippen LogP contribution in [0.15, 0.2) is 18.3 Å². The highest BCUT2D eigenvalue weighted by Gasteiger charge is 2.15. The van der Waals surface area contributed by atoms with Crippen LogP contribution in [-0.2, 0) is 4.74 Å². The molecule has 90 valence electrons. The van der Waals surface area contributed by atoms with E-state index in [-0.39, 0.29) is 6.10 Å². The number of fused-ring (bicyclic) bond motifs is 1. The topological polar surface area (TPSA) is 70.3 Å². The fourth-order valence-corrected chi connectivity index (χ4v) is 1.74. The fourth-order valence-electron chi connectivity index (χ4n) is 1.74. The van der Waals surface area contributed by atoms with Gasteiger partial charge in [0.1, 0.15) is 5.52 Å². The van der Waals surface area contributed by atoms with Crippen molar-refractivity contribution in [2.24, 2.45) is 0 Å². The number of nitrogen functional groups attached to an aromatic ring is 1. The first-order valence-corrected chi connectivity index (χ1v) is 5.29. The molecule has 0 radical (unpaired) electrons. The van der Waals surface area contributed by atoms with Gasteiger partial charge in [0.25, 0.3) is 0 Å². The van der Waals surface area contributed by atoms with E-state index in [1.165, 1.54) is 0 Å². The number of methoxy groups -OCH3 is 2. The molecule has 1 atom stereocenters. The van der Waals surface area contributed by atoms with Gasteiger partial charge in [0.05, 0.1) is 30.6 Å². The van der Waals surface area contributed by atoms with E-state index in [9.17, 15) is 0 Å². The molecular formula is C12H15N3O2. The third-order valence-corrected chi connectivity index (χ3v) is 2.73. The molecule has 0 saturated carbocycles. The number of pyridine rings is 2. The van der Waals surface area contributed by atoms with Crippen LogP contribution in [0.25, 0.3) is 11.0 Å². The van der Waals surface area contributed by atoms with E-state index >= 15 is 0 Å². The normalized spacial score (nSPS) is 12.6. The fraction of sp³-hybridized carbons (Fsp3) is 0.333. The van der Waals surface area contributed by atoms with Crippen molar-refractivity contribution in [2.75, 3.05) is 20.0 Å². The number of nitrogens with zero attached hydrogens (tertiary/aromatic N) is 2. The summed E-state index contributed by atoms with van der Waals surface area (Å²) in [6.07, 6.45) is 1.49. The highest BCUT2D eigenvalue weighted by Crippen LogP contribution is 2.29. The van der Waals surface area contributed by atoms with Gasteiger partial charge >= 0.3 is 0 Å². The zero-order valence-electron chi connectivity index (χ0n) is 10.1. The minimum Gasteiger partial charge on any atom is -0.481 e. The average Bonchev–Trinajstić information content (AvgIpc) is 2.37. The number of hydrogen-bond acceptors (Lipinski definition) is 5. The summed E-state index contributed by atoms with van der Waals surface area (Å²) in [5.74, 6) is 0.537. The first-order valence-electron chi connectivity index (χ1n) is 5.29. The van der Waals surface area contributed by atoms with E-state index in [4.69, 9.17) is 15.2 Å². The molecule has 0 bridgehead atoms. The van der Waals surface area contributed by atoms with Crippen molar-refractivity contribution in [2.45, 2.75) is 13.0 Å². The number of aromatic nitrogens is 2.